The van der Waals surface area contributed by atoms with Gasteiger partial charge in [0.1, 0.15) is 5.82 Å². The van der Waals surface area contributed by atoms with Crippen LogP contribution in [-0.4, -0.2) is 4.92 Å². The molecule has 0 aliphatic heterocycles. The molecule has 0 heterocycles. The summed E-state index contributed by atoms with van der Waals surface area (Å²) < 4.78 is 14.1. The van der Waals surface area contributed by atoms with E-state index in [0.29, 0.717) is 10.9 Å². The molecule has 1 aromatic rings. The standard InChI is InChI=1S/C12H13BrFNO2/c1-8(2)5-11(15(16)17)7-9-6-10(13)3-4-12(9)14/h3-4,6-8H,5H2,1-2H3. The van der Waals surface area contributed by atoms with Gasteiger partial charge in [-0.05, 0) is 24.1 Å². The summed E-state index contributed by atoms with van der Waals surface area (Å²) in [6.45, 7) is 3.77. The number of nitro groups is 1. The maximum Gasteiger partial charge on any atom is 0.247 e. The van der Waals surface area contributed by atoms with Gasteiger partial charge in [0.05, 0.1) is 4.92 Å². The molecule has 0 bridgehead atoms. The van der Waals surface area contributed by atoms with Crippen molar-refractivity contribution in [1.29, 1.82) is 0 Å². The van der Waals surface area contributed by atoms with E-state index in [0.717, 1.165) is 0 Å². The van der Waals surface area contributed by atoms with Crippen LogP contribution in [0, 0.1) is 21.8 Å². The van der Waals surface area contributed by atoms with Crippen LogP contribution in [0.3, 0.4) is 0 Å². The minimum absolute atomic E-state index is 0.0250. The largest absolute Gasteiger partial charge is 0.259 e. The molecular formula is C12H13BrFNO2. The molecule has 0 aliphatic carbocycles. The summed E-state index contributed by atoms with van der Waals surface area (Å²) in [6, 6.07) is 4.36. The maximum absolute atomic E-state index is 13.4. The Kier molecular flexibility index (Phi) is 4.81. The molecule has 0 spiro atoms. The number of hydrogen-bond acceptors (Lipinski definition) is 2. The van der Waals surface area contributed by atoms with Crippen molar-refractivity contribution in [2.75, 3.05) is 0 Å². The Labute approximate surface area is 108 Å². The molecule has 5 heteroatoms. The first-order chi connectivity index (χ1) is 7.90. The molecule has 0 saturated heterocycles. The van der Waals surface area contributed by atoms with Crippen molar-refractivity contribution in [3.05, 3.63) is 49.9 Å². The van der Waals surface area contributed by atoms with Crippen LogP contribution in [0.2, 0.25) is 0 Å². The molecular weight excluding hydrogens is 289 g/mol. The van der Waals surface area contributed by atoms with Gasteiger partial charge in [-0.15, -0.1) is 0 Å². The molecule has 1 aromatic carbocycles. The number of rotatable bonds is 4. The number of halogens is 2. The van der Waals surface area contributed by atoms with Gasteiger partial charge < -0.3 is 0 Å². The fourth-order valence-corrected chi connectivity index (χ4v) is 1.79. The highest BCUT2D eigenvalue weighted by Crippen LogP contribution is 2.21. The lowest BCUT2D eigenvalue weighted by Crippen LogP contribution is -2.02. The van der Waals surface area contributed by atoms with Crippen LogP contribution in [-0.2, 0) is 0 Å². The third-order valence-electron chi connectivity index (χ3n) is 2.13. The molecule has 3 nitrogen and oxygen atoms in total. The van der Waals surface area contributed by atoms with E-state index in [1.54, 1.807) is 6.07 Å². The Balaban J connectivity index is 3.12. The third kappa shape index (κ3) is 4.26. The molecule has 92 valence electrons. The second-order valence-electron chi connectivity index (χ2n) is 4.16. The van der Waals surface area contributed by atoms with Crippen molar-refractivity contribution in [2.45, 2.75) is 20.3 Å². The monoisotopic (exact) mass is 301 g/mol. The summed E-state index contributed by atoms with van der Waals surface area (Å²) in [5.74, 6) is -0.307. The smallest absolute Gasteiger partial charge is 0.247 e. The minimum Gasteiger partial charge on any atom is -0.259 e. The van der Waals surface area contributed by atoms with Crippen molar-refractivity contribution >= 4 is 22.0 Å². The van der Waals surface area contributed by atoms with E-state index in [1.165, 1.54) is 18.2 Å². The summed E-state index contributed by atoms with van der Waals surface area (Å²) in [4.78, 5) is 10.4. The highest BCUT2D eigenvalue weighted by atomic mass is 79.9. The SMILES string of the molecule is CC(C)CC(=Cc1cc(Br)ccc1F)[N+](=O)[O-]. The first kappa shape index (κ1) is 13.8. The zero-order valence-corrected chi connectivity index (χ0v) is 11.2. The molecule has 0 radical (unpaired) electrons. The van der Waals surface area contributed by atoms with Crippen molar-refractivity contribution in [3.8, 4) is 0 Å². The molecule has 0 N–H and O–H groups in total. The van der Waals surface area contributed by atoms with Crippen LogP contribution >= 0.6 is 15.9 Å². The van der Waals surface area contributed by atoms with Gasteiger partial charge in [0.25, 0.3) is 0 Å². The van der Waals surface area contributed by atoms with Crippen LogP contribution in [0.4, 0.5) is 4.39 Å². The van der Waals surface area contributed by atoms with Crippen molar-refractivity contribution in [3.63, 3.8) is 0 Å². The molecule has 0 atom stereocenters. The van der Waals surface area contributed by atoms with E-state index >= 15 is 0 Å². The van der Waals surface area contributed by atoms with E-state index in [-0.39, 0.29) is 17.2 Å². The van der Waals surface area contributed by atoms with E-state index in [9.17, 15) is 14.5 Å². The third-order valence-corrected chi connectivity index (χ3v) is 2.63. The lowest BCUT2D eigenvalue weighted by Gasteiger charge is -2.03. The van der Waals surface area contributed by atoms with Gasteiger partial charge in [-0.2, -0.15) is 0 Å². The van der Waals surface area contributed by atoms with Crippen LogP contribution in [0.25, 0.3) is 6.08 Å². The van der Waals surface area contributed by atoms with E-state index < -0.39 is 10.7 Å². The van der Waals surface area contributed by atoms with Gasteiger partial charge in [-0.3, -0.25) is 10.1 Å². The van der Waals surface area contributed by atoms with Gasteiger partial charge in [0.2, 0.25) is 5.70 Å². The molecule has 0 unspecified atom stereocenters. The zero-order valence-electron chi connectivity index (χ0n) is 9.61. The number of benzene rings is 1. The summed E-state index contributed by atoms with van der Waals surface area (Å²) in [5.41, 5.74) is 0.253. The van der Waals surface area contributed by atoms with Crippen molar-refractivity contribution in [1.82, 2.24) is 0 Å². The van der Waals surface area contributed by atoms with Gasteiger partial charge in [0.15, 0.2) is 0 Å². The van der Waals surface area contributed by atoms with E-state index in [2.05, 4.69) is 15.9 Å². The fraction of sp³-hybridized carbons (Fsp3) is 0.333. The second kappa shape index (κ2) is 5.91. The highest BCUT2D eigenvalue weighted by molar-refractivity contribution is 9.10. The van der Waals surface area contributed by atoms with Gasteiger partial charge in [-0.1, -0.05) is 29.8 Å². The molecule has 0 aliphatic rings. The van der Waals surface area contributed by atoms with Crippen LogP contribution in [0.5, 0.6) is 0 Å². The van der Waals surface area contributed by atoms with Crippen molar-refractivity contribution < 1.29 is 9.31 Å². The highest BCUT2D eigenvalue weighted by Gasteiger charge is 2.14. The van der Waals surface area contributed by atoms with Crippen LogP contribution in [0.1, 0.15) is 25.8 Å². The van der Waals surface area contributed by atoms with Crippen molar-refractivity contribution in [2.24, 2.45) is 5.92 Å². The average molecular weight is 302 g/mol. The van der Waals surface area contributed by atoms with Crippen LogP contribution in [0.15, 0.2) is 28.4 Å². The lowest BCUT2D eigenvalue weighted by molar-refractivity contribution is -0.427. The van der Waals surface area contributed by atoms with Gasteiger partial charge in [-0.25, -0.2) is 4.39 Å². The first-order valence-corrected chi connectivity index (χ1v) is 5.99. The Hall–Kier alpha value is -1.23. The maximum atomic E-state index is 13.4. The Morgan fingerprint density at radius 1 is 1.59 bits per heavy atom. The van der Waals surface area contributed by atoms with Crippen LogP contribution < -0.4 is 0 Å². The normalized spacial score (nSPS) is 11.9. The molecule has 1 rings (SSSR count). The molecule has 0 aromatic heterocycles. The summed E-state index contributed by atoms with van der Waals surface area (Å²) >= 11 is 3.21. The minimum atomic E-state index is -0.462. The van der Waals surface area contributed by atoms with E-state index in [4.69, 9.17) is 0 Å². The summed E-state index contributed by atoms with van der Waals surface area (Å²) in [7, 11) is 0. The first-order valence-electron chi connectivity index (χ1n) is 5.20. The zero-order chi connectivity index (χ0) is 13.0. The lowest BCUT2D eigenvalue weighted by atomic mass is 10.1. The topological polar surface area (TPSA) is 43.1 Å². The van der Waals surface area contributed by atoms with Gasteiger partial charge >= 0.3 is 0 Å². The Bertz CT molecular complexity index is 458. The summed E-state index contributed by atoms with van der Waals surface area (Å²) in [5, 5.41) is 10.8. The van der Waals surface area contributed by atoms with Gasteiger partial charge in [0, 0.05) is 22.5 Å². The number of nitrogens with zero attached hydrogens (tertiary/aromatic N) is 1. The number of allylic oxidation sites excluding steroid dienone is 1. The Morgan fingerprint density at radius 2 is 2.24 bits per heavy atom. The second-order valence-corrected chi connectivity index (χ2v) is 5.07. The predicted molar refractivity (Wildman–Crippen MR) is 68.5 cm³/mol. The van der Waals surface area contributed by atoms with E-state index in [1.807, 2.05) is 13.8 Å². The summed E-state index contributed by atoms with van der Waals surface area (Å²) in [6.07, 6.45) is 1.61. The number of hydrogen-bond donors (Lipinski definition) is 0. The fourth-order valence-electron chi connectivity index (χ4n) is 1.41. The predicted octanol–water partition coefficient (Wildman–Crippen LogP) is 4.25. The average Bonchev–Trinajstić information content (AvgIpc) is 2.21. The molecule has 0 amide bonds. The molecule has 0 saturated carbocycles. The molecule has 0 fully saturated rings. The molecule has 17 heavy (non-hydrogen) atoms. The Morgan fingerprint density at radius 3 is 2.76 bits per heavy atom. The quantitative estimate of drug-likeness (QED) is 0.616.